The average molecular weight is 410 g/mol. The summed E-state index contributed by atoms with van der Waals surface area (Å²) in [5.41, 5.74) is 4.41. The molecule has 3 aromatic rings. The third-order valence-corrected chi connectivity index (χ3v) is 5.08. The first-order valence-electron chi connectivity index (χ1n) is 9.17. The van der Waals surface area contributed by atoms with Crippen LogP contribution in [0.1, 0.15) is 16.1 Å². The van der Waals surface area contributed by atoms with Gasteiger partial charge in [0.2, 0.25) is 11.8 Å². The number of benzene rings is 2. The number of methoxy groups -OCH3 is 1. The molecule has 0 atom stereocenters. The number of aromatic nitrogens is 1. The molecule has 0 unspecified atom stereocenters. The van der Waals surface area contributed by atoms with Gasteiger partial charge < -0.3 is 15.4 Å². The van der Waals surface area contributed by atoms with Crippen molar-refractivity contribution in [1.29, 1.82) is 0 Å². The molecule has 0 spiro atoms. The maximum absolute atomic E-state index is 12.2. The molecule has 0 saturated carbocycles. The van der Waals surface area contributed by atoms with Crippen molar-refractivity contribution in [2.75, 3.05) is 19.0 Å². The molecule has 0 fully saturated rings. The molecule has 2 amide bonds. The highest BCUT2D eigenvalue weighted by molar-refractivity contribution is 7.09. The first-order chi connectivity index (χ1) is 13.9. The number of rotatable bonds is 7. The Morgan fingerprint density at radius 3 is 2.48 bits per heavy atom. The Bertz CT molecular complexity index is 1010. The molecule has 29 heavy (non-hydrogen) atoms. The molecular weight excluding hydrogens is 386 g/mol. The predicted octanol–water partition coefficient (Wildman–Crippen LogP) is 3.73. The van der Waals surface area contributed by atoms with Gasteiger partial charge in [-0.2, -0.15) is 0 Å². The van der Waals surface area contributed by atoms with E-state index in [1.807, 2.05) is 55.6 Å². The van der Waals surface area contributed by atoms with Gasteiger partial charge in [-0.3, -0.25) is 9.59 Å². The van der Waals surface area contributed by atoms with E-state index < -0.39 is 0 Å². The van der Waals surface area contributed by atoms with E-state index in [0.29, 0.717) is 11.4 Å². The van der Waals surface area contributed by atoms with Gasteiger partial charge in [-0.1, -0.05) is 30.3 Å². The summed E-state index contributed by atoms with van der Waals surface area (Å²) in [4.78, 5) is 28.8. The molecule has 0 aliphatic carbocycles. The van der Waals surface area contributed by atoms with Gasteiger partial charge in [0, 0.05) is 10.9 Å². The zero-order valence-electron chi connectivity index (χ0n) is 16.6. The summed E-state index contributed by atoms with van der Waals surface area (Å²) in [5.74, 6) is 0.0517. The molecule has 0 radical (unpaired) electrons. The molecule has 2 aromatic carbocycles. The lowest BCUT2D eigenvalue weighted by molar-refractivity contribution is -0.123. The van der Waals surface area contributed by atoms with Gasteiger partial charge in [-0.25, -0.2) is 4.98 Å². The van der Waals surface area contributed by atoms with Crippen molar-refractivity contribution in [3.8, 4) is 17.0 Å². The molecule has 0 saturated heterocycles. The van der Waals surface area contributed by atoms with Crippen LogP contribution in [0.3, 0.4) is 0 Å². The summed E-state index contributed by atoms with van der Waals surface area (Å²) in [6, 6.07) is 13.2. The molecule has 7 heteroatoms. The zero-order valence-corrected chi connectivity index (χ0v) is 17.4. The zero-order chi connectivity index (χ0) is 20.8. The maximum atomic E-state index is 12.2. The summed E-state index contributed by atoms with van der Waals surface area (Å²) < 4.78 is 5.24. The summed E-state index contributed by atoms with van der Waals surface area (Å²) in [6.45, 7) is 3.79. The van der Waals surface area contributed by atoms with E-state index in [9.17, 15) is 9.59 Å². The lowest BCUT2D eigenvalue weighted by Crippen LogP contribution is -2.33. The van der Waals surface area contributed by atoms with Crippen molar-refractivity contribution in [2.45, 2.75) is 20.3 Å². The summed E-state index contributed by atoms with van der Waals surface area (Å²) in [5, 5.41) is 8.45. The Hall–Kier alpha value is -3.19. The SMILES string of the molecule is COc1ccc(C)cc1NC(=O)CNC(=O)Cc1ccc(-c2csc(C)n2)cc1. The predicted molar refractivity (Wildman–Crippen MR) is 115 cm³/mol. The molecule has 150 valence electrons. The quantitative estimate of drug-likeness (QED) is 0.623. The number of ether oxygens (including phenoxy) is 1. The number of carbonyl (C=O) groups is 2. The van der Waals surface area contributed by atoms with E-state index in [1.54, 1.807) is 24.5 Å². The van der Waals surface area contributed by atoms with E-state index in [4.69, 9.17) is 4.74 Å². The second-order valence-electron chi connectivity index (χ2n) is 6.65. The number of anilines is 1. The number of nitrogens with zero attached hydrogens (tertiary/aromatic N) is 1. The molecule has 3 rings (SSSR count). The molecule has 0 bridgehead atoms. The van der Waals surface area contributed by atoms with Crippen molar-refractivity contribution in [3.05, 3.63) is 64.0 Å². The van der Waals surface area contributed by atoms with Gasteiger partial charge in [0.15, 0.2) is 0 Å². The van der Waals surface area contributed by atoms with Gasteiger partial charge in [0.05, 0.1) is 36.5 Å². The Labute approximate surface area is 173 Å². The summed E-state index contributed by atoms with van der Waals surface area (Å²) in [6.07, 6.45) is 0.206. The van der Waals surface area contributed by atoms with Crippen molar-refractivity contribution in [1.82, 2.24) is 10.3 Å². The first-order valence-corrected chi connectivity index (χ1v) is 10.0. The Morgan fingerprint density at radius 2 is 1.83 bits per heavy atom. The fraction of sp³-hybridized carbons (Fsp3) is 0.227. The van der Waals surface area contributed by atoms with Gasteiger partial charge in [0.25, 0.3) is 0 Å². The first kappa shape index (κ1) is 20.5. The standard InChI is InChI=1S/C22H23N3O3S/c1-14-4-9-20(28-3)18(10-14)25-22(27)12-23-21(26)11-16-5-7-17(8-6-16)19-13-29-15(2)24-19/h4-10,13H,11-12H2,1-3H3,(H,23,26)(H,25,27). The molecule has 2 N–H and O–H groups in total. The second-order valence-corrected chi connectivity index (χ2v) is 7.72. The fourth-order valence-electron chi connectivity index (χ4n) is 2.83. The topological polar surface area (TPSA) is 80.3 Å². The minimum Gasteiger partial charge on any atom is -0.495 e. The largest absolute Gasteiger partial charge is 0.495 e. The van der Waals surface area contributed by atoms with Crippen LogP contribution in [0.5, 0.6) is 5.75 Å². The van der Waals surface area contributed by atoms with Crippen molar-refractivity contribution in [2.24, 2.45) is 0 Å². The van der Waals surface area contributed by atoms with Crippen LogP contribution in [0.25, 0.3) is 11.3 Å². The lowest BCUT2D eigenvalue weighted by atomic mass is 10.1. The Morgan fingerprint density at radius 1 is 1.07 bits per heavy atom. The van der Waals surface area contributed by atoms with Crippen LogP contribution in [0.4, 0.5) is 5.69 Å². The van der Waals surface area contributed by atoms with E-state index in [-0.39, 0.29) is 24.8 Å². The van der Waals surface area contributed by atoms with Crippen molar-refractivity contribution >= 4 is 28.8 Å². The van der Waals surface area contributed by atoms with E-state index >= 15 is 0 Å². The van der Waals surface area contributed by atoms with Crippen LogP contribution in [0.15, 0.2) is 47.8 Å². The van der Waals surface area contributed by atoms with Gasteiger partial charge >= 0.3 is 0 Å². The average Bonchev–Trinajstić information content (AvgIpc) is 3.13. The number of aryl methyl sites for hydroxylation is 2. The Kier molecular flexibility index (Phi) is 6.61. The van der Waals surface area contributed by atoms with Crippen LogP contribution in [-0.4, -0.2) is 30.5 Å². The fourth-order valence-corrected chi connectivity index (χ4v) is 3.45. The van der Waals surface area contributed by atoms with E-state index in [2.05, 4.69) is 15.6 Å². The molecule has 1 aromatic heterocycles. The number of hydrogen-bond donors (Lipinski definition) is 2. The molecular formula is C22H23N3O3S. The summed E-state index contributed by atoms with van der Waals surface area (Å²) >= 11 is 1.61. The minimum absolute atomic E-state index is 0.105. The maximum Gasteiger partial charge on any atom is 0.243 e. The van der Waals surface area contributed by atoms with Crippen LogP contribution >= 0.6 is 11.3 Å². The monoisotopic (exact) mass is 409 g/mol. The molecule has 6 nitrogen and oxygen atoms in total. The number of carbonyl (C=O) groups excluding carboxylic acids is 2. The third-order valence-electron chi connectivity index (χ3n) is 4.31. The van der Waals surface area contributed by atoms with Gasteiger partial charge in [-0.15, -0.1) is 11.3 Å². The van der Waals surface area contributed by atoms with E-state index in [0.717, 1.165) is 27.4 Å². The normalized spacial score (nSPS) is 10.4. The number of hydrogen-bond acceptors (Lipinski definition) is 5. The highest BCUT2D eigenvalue weighted by Crippen LogP contribution is 2.25. The second kappa shape index (κ2) is 9.34. The van der Waals surface area contributed by atoms with Crippen LogP contribution < -0.4 is 15.4 Å². The highest BCUT2D eigenvalue weighted by atomic mass is 32.1. The summed E-state index contributed by atoms with van der Waals surface area (Å²) in [7, 11) is 1.54. The van der Waals surface area contributed by atoms with Gasteiger partial charge in [-0.05, 0) is 37.1 Å². The minimum atomic E-state index is -0.309. The third kappa shape index (κ3) is 5.65. The van der Waals surface area contributed by atoms with Crippen molar-refractivity contribution < 1.29 is 14.3 Å². The van der Waals surface area contributed by atoms with Crippen LogP contribution in [0, 0.1) is 13.8 Å². The highest BCUT2D eigenvalue weighted by Gasteiger charge is 2.10. The van der Waals surface area contributed by atoms with E-state index in [1.165, 1.54) is 0 Å². The number of nitrogens with one attached hydrogen (secondary N) is 2. The number of thiazole rings is 1. The molecule has 1 heterocycles. The van der Waals surface area contributed by atoms with Gasteiger partial charge in [0.1, 0.15) is 5.75 Å². The van der Waals surface area contributed by atoms with Crippen LogP contribution in [0.2, 0.25) is 0 Å². The smallest absolute Gasteiger partial charge is 0.243 e. The number of amides is 2. The molecule has 0 aliphatic heterocycles. The van der Waals surface area contributed by atoms with Crippen molar-refractivity contribution in [3.63, 3.8) is 0 Å². The van der Waals surface area contributed by atoms with Crippen LogP contribution in [-0.2, 0) is 16.0 Å². The lowest BCUT2D eigenvalue weighted by Gasteiger charge is -2.11. The Balaban J connectivity index is 1.51. The molecule has 0 aliphatic rings.